The molecule has 7 aromatic carbocycles. The van der Waals surface area contributed by atoms with Crippen molar-refractivity contribution in [1.82, 2.24) is 14.5 Å². The van der Waals surface area contributed by atoms with Gasteiger partial charge in [-0.1, -0.05) is 121 Å². The SMILES string of the molecule is O=P1(c2ccccc2)c2ccccc2-c2cc3c(cc21)c1ccccc1n3-c1ccc(-c2nc(-c3ccccc3)c3ccccc3n2)cc1. The second kappa shape index (κ2) is 10.7. The second-order valence-corrected chi connectivity index (χ2v) is 15.2. The summed E-state index contributed by atoms with van der Waals surface area (Å²) in [5.74, 6) is 0.692. The number of rotatable bonds is 4. The lowest BCUT2D eigenvalue weighted by Crippen LogP contribution is -2.20. The standard InChI is InChI=1S/C44H28N3OP/c48-49(32-15-5-2-6-16-32)41-22-12-9-18-34(41)37-27-40-36(28-42(37)49)33-17-8-11-21-39(33)47(40)31-25-23-30(24-26-31)44-45-38-20-10-7-19-35(38)43(46-44)29-13-3-1-4-14-29/h1-28H. The monoisotopic (exact) mass is 645 g/mol. The van der Waals surface area contributed by atoms with Gasteiger partial charge in [0.1, 0.15) is 0 Å². The number of benzene rings is 7. The molecule has 0 radical (unpaired) electrons. The number of hydrogen-bond donors (Lipinski definition) is 0. The van der Waals surface area contributed by atoms with Gasteiger partial charge in [0, 0.05) is 48.9 Å². The summed E-state index contributed by atoms with van der Waals surface area (Å²) in [6, 6.07) is 58.1. The van der Waals surface area contributed by atoms with Crippen LogP contribution in [0.3, 0.4) is 0 Å². The Hall–Kier alpha value is -6.09. The molecule has 0 saturated heterocycles. The highest BCUT2D eigenvalue weighted by molar-refractivity contribution is 7.86. The van der Waals surface area contributed by atoms with Crippen LogP contribution in [0.25, 0.3) is 72.2 Å². The van der Waals surface area contributed by atoms with E-state index in [1.54, 1.807) is 0 Å². The van der Waals surface area contributed by atoms with Gasteiger partial charge in [-0.2, -0.15) is 0 Å². The molecule has 1 aliphatic rings. The van der Waals surface area contributed by atoms with E-state index in [9.17, 15) is 0 Å². The maximum atomic E-state index is 15.3. The Bertz CT molecular complexity index is 2790. The zero-order chi connectivity index (χ0) is 32.5. The van der Waals surface area contributed by atoms with Crippen molar-refractivity contribution in [3.63, 3.8) is 0 Å². The lowest BCUT2D eigenvalue weighted by atomic mass is 10.0. The summed E-state index contributed by atoms with van der Waals surface area (Å²) in [6.07, 6.45) is 0. The van der Waals surface area contributed by atoms with Gasteiger partial charge in [-0.05, 0) is 59.7 Å². The normalized spacial score (nSPS) is 15.1. The van der Waals surface area contributed by atoms with Crippen LogP contribution in [0, 0.1) is 0 Å². The van der Waals surface area contributed by atoms with Crippen molar-refractivity contribution >= 4 is 55.8 Å². The molecule has 2 aromatic heterocycles. The minimum Gasteiger partial charge on any atom is -0.309 e. The van der Waals surface area contributed by atoms with Gasteiger partial charge >= 0.3 is 0 Å². The predicted molar refractivity (Wildman–Crippen MR) is 203 cm³/mol. The van der Waals surface area contributed by atoms with E-state index < -0.39 is 7.14 Å². The Morgan fingerprint density at radius 2 is 1.14 bits per heavy atom. The molecule has 1 atom stereocenters. The number of nitrogens with zero attached hydrogens (tertiary/aromatic N) is 3. The molecular formula is C44H28N3OP. The lowest BCUT2D eigenvalue weighted by Gasteiger charge is -2.16. The Balaban J connectivity index is 1.16. The van der Waals surface area contributed by atoms with Crippen molar-refractivity contribution in [1.29, 1.82) is 0 Å². The summed E-state index contributed by atoms with van der Waals surface area (Å²) >= 11 is 0. The summed E-state index contributed by atoms with van der Waals surface area (Å²) in [5.41, 5.74) is 9.16. The van der Waals surface area contributed by atoms with E-state index >= 15 is 4.57 Å². The van der Waals surface area contributed by atoms with Crippen LogP contribution in [0.15, 0.2) is 170 Å². The smallest absolute Gasteiger partial charge is 0.172 e. The van der Waals surface area contributed by atoms with E-state index in [4.69, 9.17) is 9.97 Å². The summed E-state index contributed by atoms with van der Waals surface area (Å²) in [4.78, 5) is 10.1. The minimum absolute atomic E-state index is 0.692. The molecule has 10 rings (SSSR count). The van der Waals surface area contributed by atoms with E-state index in [-0.39, 0.29) is 0 Å². The van der Waals surface area contributed by atoms with Crippen LogP contribution in [0.2, 0.25) is 0 Å². The second-order valence-electron chi connectivity index (χ2n) is 12.5. The first-order valence-electron chi connectivity index (χ1n) is 16.4. The summed E-state index contributed by atoms with van der Waals surface area (Å²) < 4.78 is 17.6. The van der Waals surface area contributed by atoms with E-state index in [0.717, 1.165) is 82.3 Å². The van der Waals surface area contributed by atoms with Crippen molar-refractivity contribution < 1.29 is 4.57 Å². The number of aromatic nitrogens is 3. The minimum atomic E-state index is -3.06. The van der Waals surface area contributed by atoms with Gasteiger partial charge in [0.05, 0.1) is 22.2 Å². The molecule has 0 saturated carbocycles. The van der Waals surface area contributed by atoms with Crippen LogP contribution >= 0.6 is 7.14 Å². The Morgan fingerprint density at radius 1 is 0.469 bits per heavy atom. The van der Waals surface area contributed by atoms with Gasteiger partial charge < -0.3 is 9.13 Å². The van der Waals surface area contributed by atoms with Crippen LogP contribution in [0.4, 0.5) is 0 Å². The van der Waals surface area contributed by atoms with Gasteiger partial charge in [0.15, 0.2) is 13.0 Å². The number of fused-ring (bicyclic) bond motifs is 7. The highest BCUT2D eigenvalue weighted by atomic mass is 31.2. The first-order chi connectivity index (χ1) is 24.2. The summed E-state index contributed by atoms with van der Waals surface area (Å²) in [5, 5.41) is 5.94. The molecule has 230 valence electrons. The van der Waals surface area contributed by atoms with Crippen LogP contribution in [-0.2, 0) is 4.57 Å². The molecule has 0 bridgehead atoms. The quantitative estimate of drug-likeness (QED) is 0.179. The predicted octanol–water partition coefficient (Wildman–Crippen LogP) is 9.68. The highest BCUT2D eigenvalue weighted by Crippen LogP contribution is 2.53. The molecule has 9 aromatic rings. The molecule has 0 fully saturated rings. The number of para-hydroxylation sites is 2. The Morgan fingerprint density at radius 3 is 1.96 bits per heavy atom. The zero-order valence-corrected chi connectivity index (χ0v) is 27.3. The fraction of sp³-hybridized carbons (Fsp3) is 0. The molecule has 1 unspecified atom stereocenters. The van der Waals surface area contributed by atoms with E-state index in [0.29, 0.717) is 5.82 Å². The lowest BCUT2D eigenvalue weighted by molar-refractivity contribution is 0.593. The van der Waals surface area contributed by atoms with Crippen LogP contribution in [-0.4, -0.2) is 14.5 Å². The molecular weight excluding hydrogens is 617 g/mol. The summed E-state index contributed by atoms with van der Waals surface area (Å²) in [7, 11) is -3.06. The van der Waals surface area contributed by atoms with Crippen molar-refractivity contribution in [2.24, 2.45) is 0 Å². The third kappa shape index (κ3) is 4.14. The van der Waals surface area contributed by atoms with E-state index in [1.165, 1.54) is 0 Å². The van der Waals surface area contributed by atoms with Gasteiger partial charge in [-0.15, -0.1) is 0 Å². The first-order valence-corrected chi connectivity index (χ1v) is 18.2. The molecule has 0 amide bonds. The molecule has 49 heavy (non-hydrogen) atoms. The van der Waals surface area contributed by atoms with Crippen molar-refractivity contribution in [3.05, 3.63) is 170 Å². The molecule has 0 aliphatic carbocycles. The van der Waals surface area contributed by atoms with Gasteiger partial charge in [-0.3, -0.25) is 0 Å². The molecule has 0 N–H and O–H groups in total. The van der Waals surface area contributed by atoms with Crippen LogP contribution < -0.4 is 15.9 Å². The Kier molecular flexibility index (Phi) is 6.12. The third-order valence-electron chi connectivity index (χ3n) is 9.82. The highest BCUT2D eigenvalue weighted by Gasteiger charge is 2.40. The largest absolute Gasteiger partial charge is 0.309 e. The molecule has 4 nitrogen and oxygen atoms in total. The van der Waals surface area contributed by atoms with Gasteiger partial charge in [0.25, 0.3) is 0 Å². The van der Waals surface area contributed by atoms with Gasteiger partial charge in [-0.25, -0.2) is 9.97 Å². The molecule has 3 heterocycles. The maximum Gasteiger partial charge on any atom is 0.172 e. The average Bonchev–Trinajstić information content (AvgIpc) is 3.63. The fourth-order valence-corrected chi connectivity index (χ4v) is 10.6. The van der Waals surface area contributed by atoms with Crippen molar-refractivity contribution in [2.75, 3.05) is 0 Å². The number of hydrogen-bond acceptors (Lipinski definition) is 3. The van der Waals surface area contributed by atoms with Crippen molar-refractivity contribution in [3.8, 4) is 39.5 Å². The third-order valence-corrected chi connectivity index (χ3v) is 13.0. The van der Waals surface area contributed by atoms with Crippen LogP contribution in [0.5, 0.6) is 0 Å². The fourth-order valence-electron chi connectivity index (χ4n) is 7.56. The maximum absolute atomic E-state index is 15.3. The average molecular weight is 646 g/mol. The zero-order valence-electron chi connectivity index (χ0n) is 26.4. The Labute approximate surface area is 283 Å². The molecule has 0 spiro atoms. The van der Waals surface area contributed by atoms with Gasteiger partial charge in [0.2, 0.25) is 0 Å². The summed E-state index contributed by atoms with van der Waals surface area (Å²) in [6.45, 7) is 0. The first kappa shape index (κ1) is 28.0. The van der Waals surface area contributed by atoms with Crippen molar-refractivity contribution in [2.45, 2.75) is 0 Å². The van der Waals surface area contributed by atoms with E-state index in [2.05, 4.69) is 89.5 Å². The topological polar surface area (TPSA) is 47.8 Å². The molecule has 1 aliphatic heterocycles. The van der Waals surface area contributed by atoms with Crippen LogP contribution in [0.1, 0.15) is 0 Å². The molecule has 5 heteroatoms. The van der Waals surface area contributed by atoms with E-state index in [1.807, 2.05) is 84.9 Å².